The minimum Gasteiger partial charge on any atom is -0.497 e. The lowest BCUT2D eigenvalue weighted by atomic mass is 10.1. The highest BCUT2D eigenvalue weighted by atomic mass is 16.5. The van der Waals surface area contributed by atoms with Crippen molar-refractivity contribution in [2.24, 2.45) is 0 Å². The van der Waals surface area contributed by atoms with Crippen molar-refractivity contribution >= 4 is 11.6 Å². The van der Waals surface area contributed by atoms with Crippen molar-refractivity contribution in [1.29, 1.82) is 0 Å². The third kappa shape index (κ3) is 4.64. The summed E-state index contributed by atoms with van der Waals surface area (Å²) in [7, 11) is 3.12. The number of carbonyl (C=O) groups is 1. The Morgan fingerprint density at radius 3 is 2.13 bits per heavy atom. The van der Waals surface area contributed by atoms with Gasteiger partial charge in [0.15, 0.2) is 6.61 Å². The highest BCUT2D eigenvalue weighted by Crippen LogP contribution is 2.25. The van der Waals surface area contributed by atoms with Gasteiger partial charge < -0.3 is 19.5 Å². The molecule has 0 saturated heterocycles. The monoisotopic (exact) mass is 315 g/mol. The summed E-state index contributed by atoms with van der Waals surface area (Å²) in [6.45, 7) is 3.97. The van der Waals surface area contributed by atoms with Gasteiger partial charge in [-0.3, -0.25) is 4.79 Å². The van der Waals surface area contributed by atoms with Crippen LogP contribution in [0.25, 0.3) is 0 Å². The molecule has 2 aromatic carbocycles. The van der Waals surface area contributed by atoms with Crippen LogP contribution >= 0.6 is 0 Å². The molecule has 5 heteroatoms. The second-order valence-electron chi connectivity index (χ2n) is 5.18. The van der Waals surface area contributed by atoms with Gasteiger partial charge in [0.2, 0.25) is 0 Å². The van der Waals surface area contributed by atoms with Gasteiger partial charge in [0.25, 0.3) is 5.91 Å². The van der Waals surface area contributed by atoms with Crippen LogP contribution in [0.15, 0.2) is 36.4 Å². The number of methoxy groups -OCH3 is 2. The standard InChI is InChI=1S/C18H21NO4/c1-12-5-6-15(7-13(12)2)23-11-18(20)19-14-8-16(21-3)10-17(9-14)22-4/h5-10H,11H2,1-4H3,(H,19,20). The fourth-order valence-corrected chi connectivity index (χ4v) is 2.03. The third-order valence-electron chi connectivity index (χ3n) is 3.48. The zero-order valence-electron chi connectivity index (χ0n) is 13.8. The van der Waals surface area contributed by atoms with Crippen molar-refractivity contribution in [3.63, 3.8) is 0 Å². The number of carbonyl (C=O) groups excluding carboxylic acids is 1. The van der Waals surface area contributed by atoms with Crippen LogP contribution in [0.1, 0.15) is 11.1 Å². The average Bonchev–Trinajstić information content (AvgIpc) is 2.55. The van der Waals surface area contributed by atoms with Gasteiger partial charge in [-0.25, -0.2) is 0 Å². The number of aryl methyl sites for hydroxylation is 2. The number of benzene rings is 2. The molecule has 23 heavy (non-hydrogen) atoms. The summed E-state index contributed by atoms with van der Waals surface area (Å²) in [6.07, 6.45) is 0. The Morgan fingerprint density at radius 2 is 1.57 bits per heavy atom. The molecular formula is C18H21NO4. The topological polar surface area (TPSA) is 56.8 Å². The number of hydrogen-bond donors (Lipinski definition) is 1. The summed E-state index contributed by atoms with van der Waals surface area (Å²) in [5.41, 5.74) is 2.90. The van der Waals surface area contributed by atoms with Crippen LogP contribution in [0.5, 0.6) is 17.2 Å². The maximum atomic E-state index is 12.0. The Labute approximate surface area is 136 Å². The fraction of sp³-hybridized carbons (Fsp3) is 0.278. The van der Waals surface area contributed by atoms with E-state index in [1.165, 1.54) is 5.56 Å². The number of amides is 1. The van der Waals surface area contributed by atoms with E-state index in [9.17, 15) is 4.79 Å². The van der Waals surface area contributed by atoms with Crippen molar-refractivity contribution in [1.82, 2.24) is 0 Å². The minimum absolute atomic E-state index is 0.0674. The van der Waals surface area contributed by atoms with E-state index in [1.54, 1.807) is 32.4 Å². The van der Waals surface area contributed by atoms with Crippen LogP contribution in [0.3, 0.4) is 0 Å². The molecule has 2 aromatic rings. The second kappa shape index (κ2) is 7.54. The van der Waals surface area contributed by atoms with Crippen molar-refractivity contribution in [3.05, 3.63) is 47.5 Å². The highest BCUT2D eigenvalue weighted by Gasteiger charge is 2.07. The van der Waals surface area contributed by atoms with Gasteiger partial charge in [0, 0.05) is 23.9 Å². The Bertz CT molecular complexity index is 675. The third-order valence-corrected chi connectivity index (χ3v) is 3.48. The second-order valence-corrected chi connectivity index (χ2v) is 5.18. The SMILES string of the molecule is COc1cc(NC(=O)COc2ccc(C)c(C)c2)cc(OC)c1. The summed E-state index contributed by atoms with van der Waals surface area (Å²) in [6, 6.07) is 10.9. The average molecular weight is 315 g/mol. The largest absolute Gasteiger partial charge is 0.497 e. The number of ether oxygens (including phenoxy) is 3. The maximum Gasteiger partial charge on any atom is 0.262 e. The Balaban J connectivity index is 1.97. The number of nitrogens with one attached hydrogen (secondary N) is 1. The van der Waals surface area contributed by atoms with E-state index < -0.39 is 0 Å². The normalized spacial score (nSPS) is 10.1. The van der Waals surface area contributed by atoms with Crippen molar-refractivity contribution < 1.29 is 19.0 Å². The predicted molar refractivity (Wildman–Crippen MR) is 89.6 cm³/mol. The molecule has 0 atom stereocenters. The molecular weight excluding hydrogens is 294 g/mol. The maximum absolute atomic E-state index is 12.0. The number of rotatable bonds is 6. The first kappa shape index (κ1) is 16.7. The number of anilines is 1. The predicted octanol–water partition coefficient (Wildman–Crippen LogP) is 3.34. The van der Waals surface area contributed by atoms with Gasteiger partial charge in [-0.1, -0.05) is 6.07 Å². The molecule has 0 saturated carbocycles. The molecule has 1 amide bonds. The van der Waals surface area contributed by atoms with Crippen LogP contribution in [0, 0.1) is 13.8 Å². The van der Waals surface area contributed by atoms with Gasteiger partial charge in [-0.15, -0.1) is 0 Å². The van der Waals surface area contributed by atoms with Crippen molar-refractivity contribution in [2.75, 3.05) is 26.1 Å². The molecule has 0 spiro atoms. The molecule has 1 N–H and O–H groups in total. The molecule has 0 radical (unpaired) electrons. The van der Waals surface area contributed by atoms with E-state index in [0.29, 0.717) is 22.9 Å². The lowest BCUT2D eigenvalue weighted by Crippen LogP contribution is -2.20. The van der Waals surface area contributed by atoms with Crippen LogP contribution in [-0.4, -0.2) is 26.7 Å². The molecule has 0 aliphatic carbocycles. The molecule has 0 fully saturated rings. The zero-order valence-corrected chi connectivity index (χ0v) is 13.8. The lowest BCUT2D eigenvalue weighted by molar-refractivity contribution is -0.118. The van der Waals surface area contributed by atoms with Crippen LogP contribution in [0.2, 0.25) is 0 Å². The molecule has 5 nitrogen and oxygen atoms in total. The molecule has 0 heterocycles. The first-order valence-electron chi connectivity index (χ1n) is 7.25. The molecule has 0 aliphatic rings. The number of hydrogen-bond acceptors (Lipinski definition) is 4. The Morgan fingerprint density at radius 1 is 0.913 bits per heavy atom. The van der Waals surface area contributed by atoms with Crippen LogP contribution in [-0.2, 0) is 4.79 Å². The first-order chi connectivity index (χ1) is 11.0. The first-order valence-corrected chi connectivity index (χ1v) is 7.25. The molecule has 0 aromatic heterocycles. The highest BCUT2D eigenvalue weighted by molar-refractivity contribution is 5.92. The molecule has 0 bridgehead atoms. The van der Waals surface area contributed by atoms with Gasteiger partial charge in [-0.2, -0.15) is 0 Å². The summed E-state index contributed by atoms with van der Waals surface area (Å²) < 4.78 is 15.9. The smallest absolute Gasteiger partial charge is 0.262 e. The van der Waals surface area contributed by atoms with Crippen LogP contribution in [0.4, 0.5) is 5.69 Å². The molecule has 122 valence electrons. The summed E-state index contributed by atoms with van der Waals surface area (Å²) in [4.78, 5) is 12.0. The Kier molecular flexibility index (Phi) is 5.46. The van der Waals surface area contributed by atoms with E-state index in [1.807, 2.05) is 32.0 Å². The van der Waals surface area contributed by atoms with E-state index in [0.717, 1.165) is 5.56 Å². The zero-order chi connectivity index (χ0) is 16.8. The summed E-state index contributed by atoms with van der Waals surface area (Å²) in [5, 5.41) is 2.76. The fourth-order valence-electron chi connectivity index (χ4n) is 2.03. The van der Waals surface area contributed by atoms with Gasteiger partial charge in [-0.05, 0) is 37.1 Å². The molecule has 2 rings (SSSR count). The Hall–Kier alpha value is -2.69. The van der Waals surface area contributed by atoms with Gasteiger partial charge in [0.05, 0.1) is 14.2 Å². The molecule has 0 aliphatic heterocycles. The minimum atomic E-state index is -0.251. The van der Waals surface area contributed by atoms with Gasteiger partial charge in [0.1, 0.15) is 17.2 Å². The van der Waals surface area contributed by atoms with E-state index >= 15 is 0 Å². The van der Waals surface area contributed by atoms with E-state index in [-0.39, 0.29) is 12.5 Å². The van der Waals surface area contributed by atoms with Crippen molar-refractivity contribution in [2.45, 2.75) is 13.8 Å². The summed E-state index contributed by atoms with van der Waals surface area (Å²) in [5.74, 6) is 1.63. The quantitative estimate of drug-likeness (QED) is 0.888. The van der Waals surface area contributed by atoms with E-state index in [4.69, 9.17) is 14.2 Å². The van der Waals surface area contributed by atoms with Crippen molar-refractivity contribution in [3.8, 4) is 17.2 Å². The lowest BCUT2D eigenvalue weighted by Gasteiger charge is -2.11. The van der Waals surface area contributed by atoms with Gasteiger partial charge >= 0.3 is 0 Å². The molecule has 0 unspecified atom stereocenters. The summed E-state index contributed by atoms with van der Waals surface area (Å²) >= 11 is 0. The van der Waals surface area contributed by atoms with Crippen LogP contribution < -0.4 is 19.5 Å². The van der Waals surface area contributed by atoms with E-state index in [2.05, 4.69) is 5.32 Å².